The van der Waals surface area contributed by atoms with Gasteiger partial charge >= 0.3 is 0 Å². The van der Waals surface area contributed by atoms with Crippen molar-refractivity contribution in [1.82, 2.24) is 4.90 Å². The van der Waals surface area contributed by atoms with Crippen molar-refractivity contribution in [2.75, 3.05) is 20.3 Å². The molecule has 1 aromatic rings. The predicted molar refractivity (Wildman–Crippen MR) is 86.5 cm³/mol. The van der Waals surface area contributed by atoms with E-state index in [2.05, 4.69) is 22.6 Å². The molecule has 20 heavy (non-hydrogen) atoms. The topological polar surface area (TPSA) is 49.8 Å². The summed E-state index contributed by atoms with van der Waals surface area (Å²) in [4.78, 5) is 14.4. The molecule has 0 saturated heterocycles. The Morgan fingerprint density at radius 2 is 2.25 bits per heavy atom. The molecule has 110 valence electrons. The Morgan fingerprint density at radius 3 is 2.75 bits per heavy atom. The van der Waals surface area contributed by atoms with Crippen LogP contribution in [0.3, 0.4) is 0 Å². The first kappa shape index (κ1) is 15.9. The van der Waals surface area contributed by atoms with Crippen molar-refractivity contribution in [1.29, 1.82) is 0 Å². The van der Waals surface area contributed by atoms with Gasteiger partial charge in [-0.2, -0.15) is 0 Å². The summed E-state index contributed by atoms with van der Waals surface area (Å²) in [6.07, 6.45) is 3.11. The van der Waals surface area contributed by atoms with Crippen LogP contribution in [0.25, 0.3) is 0 Å². The highest BCUT2D eigenvalue weighted by Gasteiger charge is 2.30. The molecular formula is C14H17ClINO3. The molecule has 1 aliphatic rings. The molecule has 0 atom stereocenters. The largest absolute Gasteiger partial charge is 0.496 e. The molecule has 1 saturated carbocycles. The fourth-order valence-electron chi connectivity index (χ4n) is 2.28. The van der Waals surface area contributed by atoms with Gasteiger partial charge in [0.2, 0.25) is 0 Å². The third kappa shape index (κ3) is 3.20. The minimum atomic E-state index is -0.126. The number of aliphatic hydroxyl groups is 1. The smallest absolute Gasteiger partial charge is 0.258 e. The van der Waals surface area contributed by atoms with Gasteiger partial charge in [0.25, 0.3) is 5.91 Å². The molecule has 1 aliphatic carbocycles. The van der Waals surface area contributed by atoms with Crippen LogP contribution >= 0.6 is 34.2 Å². The molecule has 6 heteroatoms. The highest BCUT2D eigenvalue weighted by Crippen LogP contribution is 2.32. The van der Waals surface area contributed by atoms with Gasteiger partial charge < -0.3 is 14.7 Å². The number of carbonyl (C=O) groups is 1. The standard InChI is InChI=1S/C14H17ClINO3/c1-20-13-8-12(16)11(15)7-10(13)14(19)17(5-6-18)9-3-2-4-9/h7-9,18H,2-6H2,1H3. The second kappa shape index (κ2) is 6.95. The molecule has 0 aliphatic heterocycles. The first-order valence-corrected chi connectivity index (χ1v) is 7.99. The number of ether oxygens (including phenoxy) is 1. The van der Waals surface area contributed by atoms with Gasteiger partial charge in [0, 0.05) is 16.2 Å². The number of halogens is 2. The van der Waals surface area contributed by atoms with Crippen molar-refractivity contribution in [2.24, 2.45) is 0 Å². The Balaban J connectivity index is 2.32. The number of aliphatic hydroxyl groups excluding tert-OH is 1. The first-order chi connectivity index (χ1) is 9.58. The Morgan fingerprint density at radius 1 is 1.55 bits per heavy atom. The van der Waals surface area contributed by atoms with E-state index in [1.54, 1.807) is 17.0 Å². The van der Waals surface area contributed by atoms with Crippen molar-refractivity contribution >= 4 is 40.1 Å². The Labute approximate surface area is 137 Å². The normalized spacial score (nSPS) is 14.8. The van der Waals surface area contributed by atoms with Crippen LogP contribution in [0.2, 0.25) is 5.02 Å². The number of nitrogens with zero attached hydrogens (tertiary/aromatic N) is 1. The van der Waals surface area contributed by atoms with Crippen LogP contribution in [0, 0.1) is 3.57 Å². The van der Waals surface area contributed by atoms with Gasteiger partial charge in [-0.1, -0.05) is 11.6 Å². The zero-order valence-corrected chi connectivity index (χ0v) is 14.1. The summed E-state index contributed by atoms with van der Waals surface area (Å²) in [7, 11) is 1.54. The minimum Gasteiger partial charge on any atom is -0.496 e. The Hall–Kier alpha value is -0.530. The third-order valence-electron chi connectivity index (χ3n) is 3.59. The third-order valence-corrected chi connectivity index (χ3v) is 5.11. The van der Waals surface area contributed by atoms with Crippen molar-refractivity contribution in [3.8, 4) is 5.75 Å². The van der Waals surface area contributed by atoms with E-state index in [4.69, 9.17) is 16.3 Å². The molecule has 1 fully saturated rings. The van der Waals surface area contributed by atoms with Gasteiger partial charge in [-0.25, -0.2) is 0 Å². The fraction of sp³-hybridized carbons (Fsp3) is 0.500. The zero-order valence-electron chi connectivity index (χ0n) is 11.2. The summed E-state index contributed by atoms with van der Waals surface area (Å²) >= 11 is 8.22. The van der Waals surface area contributed by atoms with Crippen molar-refractivity contribution in [2.45, 2.75) is 25.3 Å². The van der Waals surface area contributed by atoms with Gasteiger partial charge in [0.15, 0.2) is 0 Å². The molecule has 1 aromatic carbocycles. The number of carbonyl (C=O) groups excluding carboxylic acids is 1. The SMILES string of the molecule is COc1cc(I)c(Cl)cc1C(=O)N(CCO)C1CCC1. The van der Waals surface area contributed by atoms with Crippen LogP contribution in [-0.2, 0) is 0 Å². The maximum Gasteiger partial charge on any atom is 0.258 e. The lowest BCUT2D eigenvalue weighted by atomic mass is 9.91. The summed E-state index contributed by atoms with van der Waals surface area (Å²) in [5.74, 6) is 0.393. The van der Waals surface area contributed by atoms with Crippen LogP contribution < -0.4 is 4.74 Å². The van der Waals surface area contributed by atoms with Crippen LogP contribution in [0.1, 0.15) is 29.6 Å². The summed E-state index contributed by atoms with van der Waals surface area (Å²) in [6.45, 7) is 0.304. The molecule has 0 radical (unpaired) electrons. The van der Waals surface area contributed by atoms with Crippen molar-refractivity contribution < 1.29 is 14.6 Å². The average molecular weight is 410 g/mol. The van der Waals surface area contributed by atoms with Gasteiger partial charge in [-0.3, -0.25) is 4.79 Å². The molecule has 1 amide bonds. The zero-order chi connectivity index (χ0) is 14.7. The monoisotopic (exact) mass is 409 g/mol. The number of methoxy groups -OCH3 is 1. The highest BCUT2D eigenvalue weighted by atomic mass is 127. The van der Waals surface area contributed by atoms with Crippen molar-refractivity contribution in [3.05, 3.63) is 26.3 Å². The molecule has 0 aromatic heterocycles. The summed E-state index contributed by atoms with van der Waals surface area (Å²) in [5.41, 5.74) is 0.457. The van der Waals surface area contributed by atoms with Crippen LogP contribution in [-0.4, -0.2) is 42.2 Å². The van der Waals surface area contributed by atoms with Crippen LogP contribution in [0.4, 0.5) is 0 Å². The number of benzene rings is 1. The Kier molecular flexibility index (Phi) is 5.51. The van der Waals surface area contributed by atoms with E-state index in [-0.39, 0.29) is 18.6 Å². The lowest BCUT2D eigenvalue weighted by molar-refractivity contribution is 0.0522. The Bertz CT molecular complexity index is 505. The predicted octanol–water partition coefficient (Wildman–Crippen LogP) is 2.94. The number of hydrogen-bond donors (Lipinski definition) is 1. The number of rotatable bonds is 5. The van der Waals surface area contributed by atoms with Gasteiger partial charge in [-0.05, 0) is 54.0 Å². The molecular weight excluding hydrogens is 393 g/mol. The average Bonchev–Trinajstić information content (AvgIpc) is 2.38. The second-order valence-electron chi connectivity index (χ2n) is 4.77. The molecule has 2 rings (SSSR count). The first-order valence-electron chi connectivity index (χ1n) is 6.53. The molecule has 0 spiro atoms. The lowest BCUT2D eigenvalue weighted by Crippen LogP contribution is -2.45. The second-order valence-corrected chi connectivity index (χ2v) is 6.34. The van der Waals surface area contributed by atoms with E-state index in [0.29, 0.717) is 22.9 Å². The molecule has 1 N–H and O–H groups in total. The number of hydrogen-bond acceptors (Lipinski definition) is 3. The fourth-order valence-corrected chi connectivity index (χ4v) is 2.88. The summed E-state index contributed by atoms with van der Waals surface area (Å²) in [6, 6.07) is 3.62. The summed E-state index contributed by atoms with van der Waals surface area (Å²) < 4.78 is 6.13. The highest BCUT2D eigenvalue weighted by molar-refractivity contribution is 14.1. The van der Waals surface area contributed by atoms with Crippen LogP contribution in [0.5, 0.6) is 5.75 Å². The quantitative estimate of drug-likeness (QED) is 0.761. The van der Waals surface area contributed by atoms with E-state index in [9.17, 15) is 9.90 Å². The van der Waals surface area contributed by atoms with E-state index in [1.807, 2.05) is 0 Å². The van der Waals surface area contributed by atoms with Gasteiger partial charge in [-0.15, -0.1) is 0 Å². The minimum absolute atomic E-state index is 0.0390. The maximum absolute atomic E-state index is 12.7. The molecule has 0 bridgehead atoms. The molecule has 0 unspecified atom stereocenters. The molecule has 0 heterocycles. The van der Waals surface area contributed by atoms with Gasteiger partial charge in [0.05, 0.1) is 24.3 Å². The lowest BCUT2D eigenvalue weighted by Gasteiger charge is -2.37. The number of amides is 1. The van der Waals surface area contributed by atoms with E-state index < -0.39 is 0 Å². The maximum atomic E-state index is 12.7. The van der Waals surface area contributed by atoms with E-state index >= 15 is 0 Å². The summed E-state index contributed by atoms with van der Waals surface area (Å²) in [5, 5.41) is 9.71. The van der Waals surface area contributed by atoms with Crippen LogP contribution in [0.15, 0.2) is 12.1 Å². The van der Waals surface area contributed by atoms with E-state index in [1.165, 1.54) is 7.11 Å². The van der Waals surface area contributed by atoms with Crippen molar-refractivity contribution in [3.63, 3.8) is 0 Å². The van der Waals surface area contributed by atoms with Gasteiger partial charge in [0.1, 0.15) is 5.75 Å². The molecule has 4 nitrogen and oxygen atoms in total. The van der Waals surface area contributed by atoms with E-state index in [0.717, 1.165) is 22.8 Å².